The summed E-state index contributed by atoms with van der Waals surface area (Å²) in [6.07, 6.45) is 6.84. The molecule has 1 saturated heterocycles. The number of nitrogens with zero attached hydrogens (tertiary/aromatic N) is 5. The van der Waals surface area contributed by atoms with Gasteiger partial charge in [-0.3, -0.25) is 4.68 Å². The van der Waals surface area contributed by atoms with Crippen LogP contribution < -0.4 is 4.90 Å². The third-order valence-corrected chi connectivity index (χ3v) is 4.17. The minimum Gasteiger partial charge on any atom is -0.376 e. The van der Waals surface area contributed by atoms with Crippen molar-refractivity contribution in [1.82, 2.24) is 19.7 Å². The minimum atomic E-state index is 0.308. The fourth-order valence-corrected chi connectivity index (χ4v) is 3.10. The van der Waals surface area contributed by atoms with E-state index >= 15 is 0 Å². The van der Waals surface area contributed by atoms with Crippen LogP contribution in [0.4, 0.5) is 5.82 Å². The molecule has 3 rings (SSSR count). The summed E-state index contributed by atoms with van der Waals surface area (Å²) in [6, 6.07) is 0. The second-order valence-electron chi connectivity index (χ2n) is 6.03. The van der Waals surface area contributed by atoms with Gasteiger partial charge in [0.25, 0.3) is 0 Å². The summed E-state index contributed by atoms with van der Waals surface area (Å²) >= 11 is 0. The van der Waals surface area contributed by atoms with Crippen molar-refractivity contribution in [3.8, 4) is 0 Å². The second-order valence-corrected chi connectivity index (χ2v) is 6.03. The van der Waals surface area contributed by atoms with Gasteiger partial charge in [0.15, 0.2) is 5.65 Å². The van der Waals surface area contributed by atoms with Crippen LogP contribution in [0.1, 0.15) is 38.4 Å². The molecular formula is C16H25N5O. The van der Waals surface area contributed by atoms with Gasteiger partial charge in [0, 0.05) is 26.7 Å². The van der Waals surface area contributed by atoms with Crippen molar-refractivity contribution in [2.75, 3.05) is 24.6 Å². The Balaban J connectivity index is 1.93. The third-order valence-electron chi connectivity index (χ3n) is 4.17. The van der Waals surface area contributed by atoms with E-state index in [1.807, 2.05) is 24.9 Å². The highest BCUT2D eigenvalue weighted by Crippen LogP contribution is 2.25. The number of fused-ring (bicyclic) bond motifs is 1. The first-order chi connectivity index (χ1) is 10.7. The lowest BCUT2D eigenvalue weighted by Gasteiger charge is -2.31. The summed E-state index contributed by atoms with van der Waals surface area (Å²) in [4.78, 5) is 11.6. The summed E-state index contributed by atoms with van der Waals surface area (Å²) in [5.74, 6) is 1.78. The Morgan fingerprint density at radius 1 is 1.36 bits per heavy atom. The van der Waals surface area contributed by atoms with Gasteiger partial charge in [-0.15, -0.1) is 0 Å². The van der Waals surface area contributed by atoms with Gasteiger partial charge in [-0.25, -0.2) is 9.97 Å². The quantitative estimate of drug-likeness (QED) is 0.849. The fourth-order valence-electron chi connectivity index (χ4n) is 3.10. The zero-order chi connectivity index (χ0) is 15.5. The van der Waals surface area contributed by atoms with Gasteiger partial charge in [0.1, 0.15) is 11.6 Å². The van der Waals surface area contributed by atoms with Gasteiger partial charge in [0.2, 0.25) is 0 Å². The predicted molar refractivity (Wildman–Crippen MR) is 87.1 cm³/mol. The highest BCUT2D eigenvalue weighted by atomic mass is 16.5. The lowest BCUT2D eigenvalue weighted by Crippen LogP contribution is -2.37. The number of rotatable bonds is 5. The fraction of sp³-hybridized carbons (Fsp3) is 0.688. The first kappa shape index (κ1) is 15.2. The molecule has 1 aliphatic rings. The molecule has 3 heterocycles. The molecule has 1 unspecified atom stereocenters. The maximum Gasteiger partial charge on any atom is 0.163 e. The van der Waals surface area contributed by atoms with E-state index < -0.39 is 0 Å². The molecule has 2 aromatic rings. The third kappa shape index (κ3) is 3.06. The van der Waals surface area contributed by atoms with Crippen LogP contribution in [0.5, 0.6) is 0 Å². The largest absolute Gasteiger partial charge is 0.376 e. The Morgan fingerprint density at radius 3 is 2.95 bits per heavy atom. The molecule has 0 saturated carbocycles. The van der Waals surface area contributed by atoms with E-state index in [0.29, 0.717) is 6.10 Å². The summed E-state index contributed by atoms with van der Waals surface area (Å²) in [6.45, 7) is 6.89. The summed E-state index contributed by atoms with van der Waals surface area (Å²) in [5.41, 5.74) is 0.896. The average Bonchev–Trinajstić information content (AvgIpc) is 2.89. The molecule has 1 atom stereocenters. The van der Waals surface area contributed by atoms with Crippen LogP contribution in [0.3, 0.4) is 0 Å². The van der Waals surface area contributed by atoms with E-state index in [1.54, 1.807) is 0 Å². The van der Waals surface area contributed by atoms with E-state index in [2.05, 4.69) is 21.9 Å². The zero-order valence-corrected chi connectivity index (χ0v) is 13.7. The Bertz CT molecular complexity index is 633. The van der Waals surface area contributed by atoms with Crippen molar-refractivity contribution < 1.29 is 4.74 Å². The molecule has 0 amide bonds. The van der Waals surface area contributed by atoms with Crippen LogP contribution >= 0.6 is 0 Å². The summed E-state index contributed by atoms with van der Waals surface area (Å²) in [7, 11) is 1.92. The molecule has 0 bridgehead atoms. The molecular weight excluding hydrogens is 278 g/mol. The molecule has 6 heteroatoms. The Kier molecular flexibility index (Phi) is 4.57. The first-order valence-corrected chi connectivity index (χ1v) is 8.22. The van der Waals surface area contributed by atoms with E-state index in [9.17, 15) is 0 Å². The monoisotopic (exact) mass is 303 g/mol. The van der Waals surface area contributed by atoms with Crippen LogP contribution in [0.15, 0.2) is 6.20 Å². The normalized spacial score (nSPS) is 18.8. The zero-order valence-electron chi connectivity index (χ0n) is 13.7. The van der Waals surface area contributed by atoms with Crippen LogP contribution in [-0.2, 0) is 11.8 Å². The minimum absolute atomic E-state index is 0.308. The Hall–Kier alpha value is -1.69. The Morgan fingerprint density at radius 2 is 2.23 bits per heavy atom. The molecule has 0 spiro atoms. The molecule has 0 aliphatic carbocycles. The van der Waals surface area contributed by atoms with Crippen molar-refractivity contribution in [2.24, 2.45) is 7.05 Å². The standard InChI is InChI=1S/C16H25N5O/c1-4-8-21(11-13-7-5-6-9-22-13)16-14-10-17-20(3)15(14)18-12(2)19-16/h10,13H,4-9,11H2,1-3H3. The molecule has 0 N–H and O–H groups in total. The van der Waals surface area contributed by atoms with Gasteiger partial charge in [-0.1, -0.05) is 6.92 Å². The lowest BCUT2D eigenvalue weighted by atomic mass is 10.1. The lowest BCUT2D eigenvalue weighted by molar-refractivity contribution is 0.0209. The molecule has 0 aromatic carbocycles. The van der Waals surface area contributed by atoms with Gasteiger partial charge >= 0.3 is 0 Å². The average molecular weight is 303 g/mol. The van der Waals surface area contributed by atoms with Crippen LogP contribution in [0.2, 0.25) is 0 Å². The molecule has 6 nitrogen and oxygen atoms in total. The van der Waals surface area contributed by atoms with Gasteiger partial charge < -0.3 is 9.64 Å². The van der Waals surface area contributed by atoms with Crippen molar-refractivity contribution in [1.29, 1.82) is 0 Å². The maximum absolute atomic E-state index is 5.92. The van der Waals surface area contributed by atoms with Gasteiger partial charge in [-0.2, -0.15) is 5.10 Å². The van der Waals surface area contributed by atoms with Crippen molar-refractivity contribution in [2.45, 2.75) is 45.6 Å². The van der Waals surface area contributed by atoms with Gasteiger partial charge in [0.05, 0.1) is 17.7 Å². The van der Waals surface area contributed by atoms with Crippen LogP contribution in [0, 0.1) is 6.92 Å². The van der Waals surface area contributed by atoms with Crippen LogP contribution in [0.25, 0.3) is 11.0 Å². The van der Waals surface area contributed by atoms with Crippen LogP contribution in [-0.4, -0.2) is 45.5 Å². The summed E-state index contributed by atoms with van der Waals surface area (Å²) in [5, 5.41) is 5.37. The number of hydrogen-bond donors (Lipinski definition) is 0. The highest BCUT2D eigenvalue weighted by Gasteiger charge is 2.21. The highest BCUT2D eigenvalue weighted by molar-refractivity contribution is 5.86. The number of aryl methyl sites for hydroxylation is 2. The summed E-state index contributed by atoms with van der Waals surface area (Å²) < 4.78 is 7.73. The topological polar surface area (TPSA) is 56.1 Å². The first-order valence-electron chi connectivity index (χ1n) is 8.22. The molecule has 120 valence electrons. The van der Waals surface area contributed by atoms with Crippen molar-refractivity contribution in [3.05, 3.63) is 12.0 Å². The number of ether oxygens (including phenoxy) is 1. The number of anilines is 1. The molecule has 1 aliphatic heterocycles. The Labute approximate surface area is 131 Å². The van der Waals surface area contributed by atoms with Crippen molar-refractivity contribution >= 4 is 16.9 Å². The molecule has 2 aromatic heterocycles. The smallest absolute Gasteiger partial charge is 0.163 e. The molecule has 22 heavy (non-hydrogen) atoms. The van der Waals surface area contributed by atoms with E-state index in [0.717, 1.165) is 55.2 Å². The SMILES string of the molecule is CCCN(CC1CCCCO1)c1nc(C)nc2c1cnn2C. The van der Waals surface area contributed by atoms with E-state index in [1.165, 1.54) is 12.8 Å². The van der Waals surface area contributed by atoms with E-state index in [4.69, 9.17) is 9.72 Å². The predicted octanol–water partition coefficient (Wildman–Crippen LogP) is 2.46. The number of aromatic nitrogens is 4. The van der Waals surface area contributed by atoms with Gasteiger partial charge in [-0.05, 0) is 32.6 Å². The van der Waals surface area contributed by atoms with Crippen molar-refractivity contribution in [3.63, 3.8) is 0 Å². The second kappa shape index (κ2) is 6.60. The maximum atomic E-state index is 5.92. The molecule has 1 fully saturated rings. The van der Waals surface area contributed by atoms with E-state index in [-0.39, 0.29) is 0 Å². The number of hydrogen-bond acceptors (Lipinski definition) is 5. The molecule has 0 radical (unpaired) electrons.